The molecule has 0 bridgehead atoms. The van der Waals surface area contributed by atoms with Gasteiger partial charge in [-0.2, -0.15) is 0 Å². The van der Waals surface area contributed by atoms with E-state index in [4.69, 9.17) is 4.74 Å². The first-order valence-electron chi connectivity index (χ1n) is 7.73. The monoisotopic (exact) mass is 313 g/mol. The van der Waals surface area contributed by atoms with Gasteiger partial charge in [-0.05, 0) is 42.3 Å². The van der Waals surface area contributed by atoms with Gasteiger partial charge in [0, 0.05) is 38.1 Å². The molecule has 122 valence electrons. The van der Waals surface area contributed by atoms with Gasteiger partial charge in [0.15, 0.2) is 0 Å². The van der Waals surface area contributed by atoms with Crippen molar-refractivity contribution in [2.45, 2.75) is 19.8 Å². The number of nitrogens with one attached hydrogen (secondary N) is 1. The molecule has 0 unspecified atom stereocenters. The van der Waals surface area contributed by atoms with Crippen molar-refractivity contribution in [3.8, 4) is 5.75 Å². The Balaban J connectivity index is 1.80. The summed E-state index contributed by atoms with van der Waals surface area (Å²) in [5, 5.41) is 2.78. The normalized spacial score (nSPS) is 10.2. The van der Waals surface area contributed by atoms with Crippen LogP contribution in [0.3, 0.4) is 0 Å². The summed E-state index contributed by atoms with van der Waals surface area (Å²) in [4.78, 5) is 17.4. The van der Waals surface area contributed by atoms with Crippen LogP contribution in [0.1, 0.15) is 18.2 Å². The van der Waals surface area contributed by atoms with Gasteiger partial charge >= 0.3 is 6.03 Å². The van der Waals surface area contributed by atoms with Crippen LogP contribution in [0.25, 0.3) is 0 Å². The Kier molecular flexibility index (Phi) is 5.97. The topological polar surface area (TPSA) is 54.5 Å². The van der Waals surface area contributed by atoms with E-state index in [9.17, 15) is 4.79 Å². The average molecular weight is 313 g/mol. The van der Waals surface area contributed by atoms with E-state index >= 15 is 0 Å². The predicted molar refractivity (Wildman–Crippen MR) is 92.0 cm³/mol. The summed E-state index contributed by atoms with van der Waals surface area (Å²) in [6.07, 6.45) is 3.68. The van der Waals surface area contributed by atoms with Crippen molar-refractivity contribution in [1.82, 2.24) is 9.88 Å². The summed E-state index contributed by atoms with van der Waals surface area (Å²) in [5.41, 5.74) is 3.01. The highest BCUT2D eigenvalue weighted by Gasteiger charge is 2.04. The Morgan fingerprint density at radius 1 is 1.17 bits per heavy atom. The maximum Gasteiger partial charge on any atom is 0.321 e. The molecule has 1 heterocycles. The Labute approximate surface area is 137 Å². The van der Waals surface area contributed by atoms with Crippen LogP contribution in [-0.2, 0) is 12.8 Å². The summed E-state index contributed by atoms with van der Waals surface area (Å²) in [7, 11) is 3.40. The van der Waals surface area contributed by atoms with Crippen molar-refractivity contribution in [2.75, 3.05) is 26.0 Å². The zero-order chi connectivity index (χ0) is 16.7. The molecule has 23 heavy (non-hydrogen) atoms. The lowest BCUT2D eigenvalue weighted by molar-refractivity contribution is 0.230. The number of hydrogen-bond donors (Lipinski definition) is 1. The van der Waals surface area contributed by atoms with Crippen LogP contribution in [0.15, 0.2) is 42.6 Å². The molecule has 2 aromatic rings. The maximum atomic E-state index is 11.5. The fourth-order valence-corrected chi connectivity index (χ4v) is 1.96. The lowest BCUT2D eigenvalue weighted by Gasteiger charge is -2.12. The van der Waals surface area contributed by atoms with E-state index in [1.165, 1.54) is 10.5 Å². The van der Waals surface area contributed by atoms with Gasteiger partial charge in [0.05, 0.1) is 6.61 Å². The number of hydrogen-bond acceptors (Lipinski definition) is 3. The average Bonchev–Trinajstić information content (AvgIpc) is 2.57. The molecule has 0 spiro atoms. The van der Waals surface area contributed by atoms with E-state index in [1.54, 1.807) is 14.1 Å². The molecule has 0 radical (unpaired) electrons. The van der Waals surface area contributed by atoms with Gasteiger partial charge in [-0.15, -0.1) is 0 Å². The molecule has 0 aliphatic rings. The molecule has 0 atom stereocenters. The van der Waals surface area contributed by atoms with E-state index in [-0.39, 0.29) is 6.03 Å². The number of benzene rings is 1. The quantitative estimate of drug-likeness (QED) is 0.889. The third-order valence-corrected chi connectivity index (χ3v) is 3.43. The molecule has 0 aliphatic carbocycles. The van der Waals surface area contributed by atoms with Crippen molar-refractivity contribution < 1.29 is 9.53 Å². The third-order valence-electron chi connectivity index (χ3n) is 3.43. The molecule has 1 aromatic heterocycles. The second-order valence-corrected chi connectivity index (χ2v) is 5.46. The minimum Gasteiger partial charge on any atom is -0.493 e. The van der Waals surface area contributed by atoms with Crippen LogP contribution >= 0.6 is 0 Å². The Morgan fingerprint density at radius 3 is 2.48 bits per heavy atom. The Bertz CT molecular complexity index is 622. The third kappa shape index (κ3) is 5.29. The van der Waals surface area contributed by atoms with Crippen molar-refractivity contribution in [2.24, 2.45) is 0 Å². The van der Waals surface area contributed by atoms with Gasteiger partial charge in [0.1, 0.15) is 5.75 Å². The van der Waals surface area contributed by atoms with Crippen LogP contribution in [-0.4, -0.2) is 36.6 Å². The molecule has 0 fully saturated rings. The first-order chi connectivity index (χ1) is 11.1. The standard InChI is InChI=1S/C18H23N3O2/c1-4-14-5-6-15(19-13-14)11-12-23-17-9-7-16(8-10-17)20-18(22)21(2)3/h5-10,13H,4,11-12H2,1-3H3,(H,20,22). The molecule has 5 nitrogen and oxygen atoms in total. The highest BCUT2D eigenvalue weighted by molar-refractivity contribution is 5.88. The van der Waals surface area contributed by atoms with Crippen molar-refractivity contribution in [3.63, 3.8) is 0 Å². The number of carbonyl (C=O) groups is 1. The molecule has 2 amide bonds. The molecule has 0 saturated heterocycles. The number of amides is 2. The van der Waals surface area contributed by atoms with Gasteiger partial charge in [0.25, 0.3) is 0 Å². The second-order valence-electron chi connectivity index (χ2n) is 5.46. The molecule has 0 saturated carbocycles. The van der Waals surface area contributed by atoms with Crippen LogP contribution in [0.4, 0.5) is 10.5 Å². The Hall–Kier alpha value is -2.56. The number of ether oxygens (including phenoxy) is 1. The summed E-state index contributed by atoms with van der Waals surface area (Å²) in [5.74, 6) is 0.776. The van der Waals surface area contributed by atoms with Crippen LogP contribution in [0.5, 0.6) is 5.75 Å². The number of carbonyl (C=O) groups excluding carboxylic acids is 1. The zero-order valence-electron chi connectivity index (χ0n) is 13.9. The highest BCUT2D eigenvalue weighted by atomic mass is 16.5. The van der Waals surface area contributed by atoms with Gasteiger partial charge in [-0.25, -0.2) is 4.79 Å². The van der Waals surface area contributed by atoms with Crippen LogP contribution < -0.4 is 10.1 Å². The number of urea groups is 1. The fourth-order valence-electron chi connectivity index (χ4n) is 1.96. The smallest absolute Gasteiger partial charge is 0.321 e. The molecule has 2 rings (SSSR count). The van der Waals surface area contributed by atoms with E-state index in [1.807, 2.05) is 36.5 Å². The van der Waals surface area contributed by atoms with E-state index in [0.717, 1.165) is 30.0 Å². The minimum atomic E-state index is -0.153. The summed E-state index contributed by atoms with van der Waals surface area (Å²) in [6, 6.07) is 11.3. The van der Waals surface area contributed by atoms with Crippen LogP contribution in [0.2, 0.25) is 0 Å². The van der Waals surface area contributed by atoms with Gasteiger partial charge in [-0.1, -0.05) is 13.0 Å². The highest BCUT2D eigenvalue weighted by Crippen LogP contribution is 2.16. The summed E-state index contributed by atoms with van der Waals surface area (Å²) in [6.45, 7) is 2.69. The second kappa shape index (κ2) is 8.17. The molecular weight excluding hydrogens is 290 g/mol. The number of anilines is 1. The molecule has 5 heteroatoms. The van der Waals surface area contributed by atoms with Crippen molar-refractivity contribution in [3.05, 3.63) is 53.9 Å². The van der Waals surface area contributed by atoms with Crippen molar-refractivity contribution in [1.29, 1.82) is 0 Å². The SMILES string of the molecule is CCc1ccc(CCOc2ccc(NC(=O)N(C)C)cc2)nc1. The molecule has 1 N–H and O–H groups in total. The first kappa shape index (κ1) is 16.8. The minimum absolute atomic E-state index is 0.153. The number of aromatic nitrogens is 1. The number of aryl methyl sites for hydroxylation is 1. The first-order valence-corrected chi connectivity index (χ1v) is 7.73. The van der Waals surface area contributed by atoms with E-state index < -0.39 is 0 Å². The largest absolute Gasteiger partial charge is 0.493 e. The maximum absolute atomic E-state index is 11.5. The zero-order valence-corrected chi connectivity index (χ0v) is 13.9. The van der Waals surface area contributed by atoms with E-state index in [0.29, 0.717) is 6.61 Å². The summed E-state index contributed by atoms with van der Waals surface area (Å²) >= 11 is 0. The number of rotatable bonds is 6. The number of pyridine rings is 1. The van der Waals surface area contributed by atoms with Gasteiger partial charge in [-0.3, -0.25) is 4.98 Å². The van der Waals surface area contributed by atoms with Crippen LogP contribution in [0, 0.1) is 0 Å². The molecule has 1 aromatic carbocycles. The van der Waals surface area contributed by atoms with Gasteiger partial charge in [0.2, 0.25) is 0 Å². The Morgan fingerprint density at radius 2 is 1.91 bits per heavy atom. The van der Waals surface area contributed by atoms with Gasteiger partial charge < -0.3 is 15.0 Å². The summed E-state index contributed by atoms with van der Waals surface area (Å²) < 4.78 is 5.71. The molecular formula is C18H23N3O2. The lowest BCUT2D eigenvalue weighted by atomic mass is 10.2. The fraction of sp³-hybridized carbons (Fsp3) is 0.333. The van der Waals surface area contributed by atoms with Crippen molar-refractivity contribution >= 4 is 11.7 Å². The van der Waals surface area contributed by atoms with E-state index in [2.05, 4.69) is 23.3 Å². The number of nitrogens with zero attached hydrogens (tertiary/aromatic N) is 2. The predicted octanol–water partition coefficient (Wildman–Crippen LogP) is 3.36. The molecule has 0 aliphatic heterocycles. The lowest BCUT2D eigenvalue weighted by Crippen LogP contribution is -2.27.